The predicted molar refractivity (Wildman–Crippen MR) is 79.9 cm³/mol. The number of carbonyl (C=O) groups excluding carboxylic acids is 2. The molecular weight excluding hydrogens is 284 g/mol. The van der Waals surface area contributed by atoms with Crippen molar-refractivity contribution < 1.29 is 19.1 Å². The van der Waals surface area contributed by atoms with Crippen LogP contribution in [-0.4, -0.2) is 43.5 Å². The highest BCUT2D eigenvalue weighted by atomic mass is 16.5. The van der Waals surface area contributed by atoms with Crippen LogP contribution in [0.5, 0.6) is 0 Å². The standard InChI is InChI=1S/C16H18N2O4/c1-21-10-15(19)18-13-6-7-14(22-2)12(16(13)20)9-11-5-3-4-8-17-11/h3-8,13H,9-10H2,1-2H3,(H,18,19). The smallest absolute Gasteiger partial charge is 0.246 e. The molecule has 0 aromatic carbocycles. The van der Waals surface area contributed by atoms with Crippen LogP contribution in [0.1, 0.15) is 5.69 Å². The van der Waals surface area contributed by atoms with Crippen LogP contribution >= 0.6 is 0 Å². The van der Waals surface area contributed by atoms with Crippen LogP contribution in [0, 0.1) is 0 Å². The van der Waals surface area contributed by atoms with Crippen molar-refractivity contribution in [2.24, 2.45) is 0 Å². The number of ether oxygens (including phenoxy) is 2. The summed E-state index contributed by atoms with van der Waals surface area (Å²) < 4.78 is 10.0. The molecule has 116 valence electrons. The maximum atomic E-state index is 12.6. The second-order valence-electron chi connectivity index (χ2n) is 4.75. The molecule has 1 aromatic heterocycles. The van der Waals surface area contributed by atoms with E-state index in [1.165, 1.54) is 14.2 Å². The van der Waals surface area contributed by atoms with Gasteiger partial charge in [0.05, 0.1) is 7.11 Å². The third-order valence-electron chi connectivity index (χ3n) is 3.21. The number of allylic oxidation sites excluding steroid dienone is 1. The van der Waals surface area contributed by atoms with Crippen molar-refractivity contribution in [1.82, 2.24) is 10.3 Å². The quantitative estimate of drug-likeness (QED) is 0.841. The molecule has 1 aliphatic rings. The number of methoxy groups -OCH3 is 2. The molecule has 0 saturated heterocycles. The Labute approximate surface area is 128 Å². The minimum atomic E-state index is -0.708. The maximum absolute atomic E-state index is 12.6. The minimum absolute atomic E-state index is 0.0892. The molecule has 1 amide bonds. The van der Waals surface area contributed by atoms with Gasteiger partial charge in [-0.1, -0.05) is 12.1 Å². The van der Waals surface area contributed by atoms with Gasteiger partial charge in [-0.2, -0.15) is 0 Å². The van der Waals surface area contributed by atoms with Gasteiger partial charge in [0.1, 0.15) is 18.4 Å². The molecule has 1 N–H and O–H groups in total. The van der Waals surface area contributed by atoms with Gasteiger partial charge in [-0.15, -0.1) is 0 Å². The van der Waals surface area contributed by atoms with Crippen molar-refractivity contribution >= 4 is 11.7 Å². The minimum Gasteiger partial charge on any atom is -0.496 e. The number of nitrogens with one attached hydrogen (secondary N) is 1. The molecule has 1 heterocycles. The monoisotopic (exact) mass is 302 g/mol. The first-order valence-electron chi connectivity index (χ1n) is 6.83. The van der Waals surface area contributed by atoms with Crippen molar-refractivity contribution in [3.05, 3.63) is 53.6 Å². The van der Waals surface area contributed by atoms with Gasteiger partial charge in [-0.05, 0) is 18.2 Å². The lowest BCUT2D eigenvalue weighted by atomic mass is 9.93. The summed E-state index contributed by atoms with van der Waals surface area (Å²) >= 11 is 0. The zero-order valence-electron chi connectivity index (χ0n) is 12.5. The average molecular weight is 302 g/mol. The Balaban J connectivity index is 2.17. The van der Waals surface area contributed by atoms with Gasteiger partial charge >= 0.3 is 0 Å². The van der Waals surface area contributed by atoms with E-state index in [0.717, 1.165) is 5.69 Å². The number of amides is 1. The zero-order chi connectivity index (χ0) is 15.9. The van der Waals surface area contributed by atoms with E-state index in [-0.39, 0.29) is 18.3 Å². The molecule has 0 spiro atoms. The molecule has 0 saturated carbocycles. The number of carbonyl (C=O) groups is 2. The molecule has 1 aromatic rings. The van der Waals surface area contributed by atoms with E-state index in [0.29, 0.717) is 17.8 Å². The predicted octanol–water partition coefficient (Wildman–Crippen LogP) is 0.795. The number of Topliss-reactive ketones (excluding diaryl/α,β-unsaturated/α-hetero) is 1. The van der Waals surface area contributed by atoms with E-state index in [4.69, 9.17) is 9.47 Å². The molecule has 6 heteroatoms. The zero-order valence-corrected chi connectivity index (χ0v) is 12.5. The van der Waals surface area contributed by atoms with Crippen LogP contribution in [-0.2, 0) is 25.5 Å². The Morgan fingerprint density at radius 2 is 2.18 bits per heavy atom. The third kappa shape index (κ3) is 3.79. The molecule has 22 heavy (non-hydrogen) atoms. The van der Waals surface area contributed by atoms with E-state index in [1.54, 1.807) is 18.3 Å². The lowest BCUT2D eigenvalue weighted by Crippen LogP contribution is -2.43. The largest absolute Gasteiger partial charge is 0.496 e. The Kier molecular flexibility index (Phi) is 5.43. The first-order valence-corrected chi connectivity index (χ1v) is 6.83. The van der Waals surface area contributed by atoms with Crippen LogP contribution < -0.4 is 5.32 Å². The Morgan fingerprint density at radius 3 is 2.82 bits per heavy atom. The van der Waals surface area contributed by atoms with Crippen molar-refractivity contribution in [3.63, 3.8) is 0 Å². The summed E-state index contributed by atoms with van der Waals surface area (Å²) in [6.45, 7) is -0.0892. The molecule has 1 atom stereocenters. The van der Waals surface area contributed by atoms with E-state index < -0.39 is 6.04 Å². The van der Waals surface area contributed by atoms with Gasteiger partial charge in [-0.3, -0.25) is 14.6 Å². The summed E-state index contributed by atoms with van der Waals surface area (Å²) in [5.41, 5.74) is 1.25. The highest BCUT2D eigenvalue weighted by molar-refractivity contribution is 6.04. The fraction of sp³-hybridized carbons (Fsp3) is 0.312. The summed E-state index contributed by atoms with van der Waals surface area (Å²) in [6, 6.07) is 4.80. The van der Waals surface area contributed by atoms with Gasteiger partial charge in [0.25, 0.3) is 0 Å². The lowest BCUT2D eigenvalue weighted by Gasteiger charge is -2.21. The molecule has 0 aliphatic heterocycles. The molecule has 2 rings (SSSR count). The number of rotatable bonds is 6. The molecule has 0 fully saturated rings. The van der Waals surface area contributed by atoms with Gasteiger partial charge in [-0.25, -0.2) is 0 Å². The average Bonchev–Trinajstić information content (AvgIpc) is 2.53. The molecule has 6 nitrogen and oxygen atoms in total. The summed E-state index contributed by atoms with van der Waals surface area (Å²) in [5.74, 6) is -0.0501. The van der Waals surface area contributed by atoms with Crippen molar-refractivity contribution in [1.29, 1.82) is 0 Å². The molecule has 0 bridgehead atoms. The van der Waals surface area contributed by atoms with Crippen LogP contribution in [0.2, 0.25) is 0 Å². The van der Waals surface area contributed by atoms with Gasteiger partial charge < -0.3 is 14.8 Å². The molecular formula is C16H18N2O4. The second-order valence-corrected chi connectivity index (χ2v) is 4.75. The number of hydrogen-bond donors (Lipinski definition) is 1. The van der Waals surface area contributed by atoms with Crippen molar-refractivity contribution in [2.75, 3.05) is 20.8 Å². The topological polar surface area (TPSA) is 77.5 Å². The third-order valence-corrected chi connectivity index (χ3v) is 3.21. The fourth-order valence-electron chi connectivity index (χ4n) is 2.19. The molecule has 0 radical (unpaired) electrons. The Morgan fingerprint density at radius 1 is 1.36 bits per heavy atom. The SMILES string of the molecule is COCC(=O)NC1C=CC(OC)=C(Cc2ccccn2)C1=O. The van der Waals surface area contributed by atoms with Gasteiger partial charge in [0, 0.05) is 31.0 Å². The van der Waals surface area contributed by atoms with Crippen molar-refractivity contribution in [2.45, 2.75) is 12.5 Å². The van der Waals surface area contributed by atoms with Crippen LogP contribution in [0.15, 0.2) is 47.9 Å². The van der Waals surface area contributed by atoms with Gasteiger partial charge in [0.15, 0.2) is 5.78 Å². The number of nitrogens with zero attached hydrogens (tertiary/aromatic N) is 1. The van der Waals surface area contributed by atoms with E-state index in [1.807, 2.05) is 18.2 Å². The normalized spacial score (nSPS) is 17.5. The first kappa shape index (κ1) is 15.9. The van der Waals surface area contributed by atoms with Crippen LogP contribution in [0.4, 0.5) is 0 Å². The number of aromatic nitrogens is 1. The number of pyridine rings is 1. The van der Waals surface area contributed by atoms with Crippen LogP contribution in [0.3, 0.4) is 0 Å². The summed E-state index contributed by atoms with van der Waals surface area (Å²) in [7, 11) is 2.93. The number of hydrogen-bond acceptors (Lipinski definition) is 5. The molecule has 1 aliphatic carbocycles. The lowest BCUT2D eigenvalue weighted by molar-refractivity contribution is -0.128. The van der Waals surface area contributed by atoms with Crippen LogP contribution in [0.25, 0.3) is 0 Å². The second kappa shape index (κ2) is 7.51. The van der Waals surface area contributed by atoms with E-state index in [9.17, 15) is 9.59 Å². The first-order chi connectivity index (χ1) is 10.7. The number of ketones is 1. The highest BCUT2D eigenvalue weighted by Gasteiger charge is 2.28. The van der Waals surface area contributed by atoms with E-state index in [2.05, 4.69) is 10.3 Å². The molecule has 1 unspecified atom stereocenters. The Bertz CT molecular complexity index is 608. The Hall–Kier alpha value is -2.47. The van der Waals surface area contributed by atoms with Crippen molar-refractivity contribution in [3.8, 4) is 0 Å². The fourth-order valence-corrected chi connectivity index (χ4v) is 2.19. The summed E-state index contributed by atoms with van der Waals surface area (Å²) in [5, 5.41) is 2.62. The highest BCUT2D eigenvalue weighted by Crippen LogP contribution is 2.20. The van der Waals surface area contributed by atoms with E-state index >= 15 is 0 Å². The van der Waals surface area contributed by atoms with Gasteiger partial charge in [0.2, 0.25) is 5.91 Å². The summed E-state index contributed by atoms with van der Waals surface area (Å²) in [6.07, 6.45) is 5.32. The summed E-state index contributed by atoms with van der Waals surface area (Å²) in [4.78, 5) is 28.4. The maximum Gasteiger partial charge on any atom is 0.246 e.